The SMILES string of the molecule is CC(=O)c1ccccc1NC(=O)Cn1nc2ccccn2c1=O. The van der Waals surface area contributed by atoms with Crippen LogP contribution in [-0.4, -0.2) is 25.9 Å². The first-order chi connectivity index (χ1) is 11.1. The fraction of sp³-hybridized carbons (Fsp3) is 0.125. The highest BCUT2D eigenvalue weighted by Crippen LogP contribution is 2.15. The molecule has 0 radical (unpaired) electrons. The molecule has 0 fully saturated rings. The Morgan fingerprint density at radius 1 is 1.13 bits per heavy atom. The van der Waals surface area contributed by atoms with Gasteiger partial charge < -0.3 is 5.32 Å². The molecule has 0 aliphatic rings. The zero-order valence-electron chi connectivity index (χ0n) is 12.4. The minimum absolute atomic E-state index is 0.147. The molecule has 116 valence electrons. The normalized spacial score (nSPS) is 10.7. The van der Waals surface area contributed by atoms with Crippen LogP contribution < -0.4 is 11.0 Å². The Labute approximate surface area is 131 Å². The number of aromatic nitrogens is 3. The third-order valence-corrected chi connectivity index (χ3v) is 3.36. The van der Waals surface area contributed by atoms with Crippen molar-refractivity contribution in [2.75, 3.05) is 5.32 Å². The van der Waals surface area contributed by atoms with E-state index >= 15 is 0 Å². The molecule has 2 aromatic heterocycles. The van der Waals surface area contributed by atoms with E-state index in [9.17, 15) is 14.4 Å². The third kappa shape index (κ3) is 2.89. The summed E-state index contributed by atoms with van der Waals surface area (Å²) >= 11 is 0. The summed E-state index contributed by atoms with van der Waals surface area (Å²) in [5, 5.41) is 6.73. The second kappa shape index (κ2) is 5.88. The van der Waals surface area contributed by atoms with E-state index in [1.54, 1.807) is 48.7 Å². The third-order valence-electron chi connectivity index (χ3n) is 3.36. The zero-order chi connectivity index (χ0) is 16.4. The highest BCUT2D eigenvalue weighted by Gasteiger charge is 2.13. The van der Waals surface area contributed by atoms with Gasteiger partial charge in [0.05, 0.1) is 5.69 Å². The van der Waals surface area contributed by atoms with Crippen LogP contribution >= 0.6 is 0 Å². The fourth-order valence-electron chi connectivity index (χ4n) is 2.30. The number of benzene rings is 1. The first-order valence-electron chi connectivity index (χ1n) is 7.00. The second-order valence-corrected chi connectivity index (χ2v) is 5.02. The zero-order valence-corrected chi connectivity index (χ0v) is 12.4. The Kier molecular flexibility index (Phi) is 3.76. The molecule has 0 aliphatic carbocycles. The number of anilines is 1. The van der Waals surface area contributed by atoms with Gasteiger partial charge in [-0.05, 0) is 31.2 Å². The van der Waals surface area contributed by atoms with E-state index in [0.717, 1.165) is 4.68 Å². The summed E-state index contributed by atoms with van der Waals surface area (Å²) in [6, 6.07) is 11.9. The van der Waals surface area contributed by atoms with Gasteiger partial charge in [0.25, 0.3) is 0 Å². The fourth-order valence-corrected chi connectivity index (χ4v) is 2.30. The molecule has 0 spiro atoms. The topological polar surface area (TPSA) is 85.5 Å². The van der Waals surface area contributed by atoms with Gasteiger partial charge in [-0.3, -0.25) is 14.0 Å². The number of para-hydroxylation sites is 1. The van der Waals surface area contributed by atoms with Crippen molar-refractivity contribution in [1.29, 1.82) is 0 Å². The van der Waals surface area contributed by atoms with Crippen LogP contribution in [0.4, 0.5) is 5.69 Å². The number of amides is 1. The molecule has 23 heavy (non-hydrogen) atoms. The summed E-state index contributed by atoms with van der Waals surface area (Å²) in [4.78, 5) is 35.8. The van der Waals surface area contributed by atoms with Crippen LogP contribution in [0.25, 0.3) is 5.65 Å². The van der Waals surface area contributed by atoms with Gasteiger partial charge in [0, 0.05) is 11.8 Å². The Bertz CT molecular complexity index is 955. The Balaban J connectivity index is 1.83. The lowest BCUT2D eigenvalue weighted by molar-refractivity contribution is -0.117. The van der Waals surface area contributed by atoms with E-state index in [2.05, 4.69) is 10.4 Å². The summed E-state index contributed by atoms with van der Waals surface area (Å²) < 4.78 is 2.44. The van der Waals surface area contributed by atoms with Gasteiger partial charge in [0.15, 0.2) is 11.4 Å². The lowest BCUT2D eigenvalue weighted by Crippen LogP contribution is -2.28. The number of ketones is 1. The number of hydrogen-bond donors (Lipinski definition) is 1. The maximum atomic E-state index is 12.2. The largest absolute Gasteiger partial charge is 0.350 e. The highest BCUT2D eigenvalue weighted by molar-refractivity contribution is 6.03. The van der Waals surface area contributed by atoms with Crippen molar-refractivity contribution in [3.8, 4) is 0 Å². The molecule has 1 N–H and O–H groups in total. The van der Waals surface area contributed by atoms with Gasteiger partial charge in [-0.15, -0.1) is 5.10 Å². The Morgan fingerprint density at radius 2 is 1.87 bits per heavy atom. The molecule has 0 saturated heterocycles. The molecule has 0 saturated carbocycles. The van der Waals surface area contributed by atoms with Crippen molar-refractivity contribution in [3.63, 3.8) is 0 Å². The summed E-state index contributed by atoms with van der Waals surface area (Å²) in [6.07, 6.45) is 1.59. The number of carbonyl (C=O) groups is 2. The molecule has 3 aromatic rings. The molecule has 7 nitrogen and oxygen atoms in total. The van der Waals surface area contributed by atoms with E-state index < -0.39 is 11.6 Å². The number of pyridine rings is 1. The van der Waals surface area contributed by atoms with E-state index in [4.69, 9.17) is 0 Å². The summed E-state index contributed by atoms with van der Waals surface area (Å²) in [6.45, 7) is 1.20. The molecule has 2 heterocycles. The number of fused-ring (bicyclic) bond motifs is 1. The van der Waals surface area contributed by atoms with E-state index in [1.807, 2.05) is 0 Å². The lowest BCUT2D eigenvalue weighted by Gasteiger charge is -2.08. The molecule has 1 aromatic carbocycles. The number of Topliss-reactive ketones (excluding diaryl/α,β-unsaturated/α-hetero) is 1. The van der Waals surface area contributed by atoms with Crippen molar-refractivity contribution >= 4 is 23.0 Å². The van der Waals surface area contributed by atoms with Crippen molar-refractivity contribution in [2.45, 2.75) is 13.5 Å². The first kappa shape index (κ1) is 14.7. The van der Waals surface area contributed by atoms with Crippen molar-refractivity contribution in [2.24, 2.45) is 0 Å². The maximum Gasteiger partial charge on any atom is 0.350 e. The number of rotatable bonds is 4. The second-order valence-electron chi connectivity index (χ2n) is 5.02. The number of nitrogens with one attached hydrogen (secondary N) is 1. The quantitative estimate of drug-likeness (QED) is 0.737. The smallest absolute Gasteiger partial charge is 0.324 e. The number of hydrogen-bond acceptors (Lipinski definition) is 4. The van der Waals surface area contributed by atoms with E-state index in [0.29, 0.717) is 16.9 Å². The molecule has 0 atom stereocenters. The van der Waals surface area contributed by atoms with Gasteiger partial charge in [-0.25, -0.2) is 9.48 Å². The molecule has 3 rings (SSSR count). The minimum Gasteiger partial charge on any atom is -0.324 e. The monoisotopic (exact) mass is 310 g/mol. The van der Waals surface area contributed by atoms with Crippen LogP contribution in [0, 0.1) is 0 Å². The average Bonchev–Trinajstić information content (AvgIpc) is 2.84. The van der Waals surface area contributed by atoms with Crippen LogP contribution in [0.5, 0.6) is 0 Å². The standard InChI is InChI=1S/C16H14N4O3/c1-11(21)12-6-2-3-7-13(12)17-15(22)10-20-16(23)19-9-5-4-8-14(19)18-20/h2-9H,10H2,1H3,(H,17,22). The lowest BCUT2D eigenvalue weighted by atomic mass is 10.1. The Morgan fingerprint density at radius 3 is 2.61 bits per heavy atom. The Hall–Kier alpha value is -3.22. The van der Waals surface area contributed by atoms with E-state index in [1.165, 1.54) is 11.3 Å². The van der Waals surface area contributed by atoms with Gasteiger partial charge in [-0.2, -0.15) is 0 Å². The molecule has 1 amide bonds. The highest BCUT2D eigenvalue weighted by atomic mass is 16.2. The first-order valence-corrected chi connectivity index (χ1v) is 7.00. The summed E-state index contributed by atoms with van der Waals surface area (Å²) in [5.41, 5.74) is 0.912. The molecule has 0 bridgehead atoms. The van der Waals surface area contributed by atoms with Crippen molar-refractivity contribution in [1.82, 2.24) is 14.2 Å². The predicted octanol–water partition coefficient (Wildman–Crippen LogP) is 1.34. The summed E-state index contributed by atoms with van der Waals surface area (Å²) in [7, 11) is 0. The summed E-state index contributed by atoms with van der Waals surface area (Å²) in [5.74, 6) is -0.574. The van der Waals surface area contributed by atoms with E-state index in [-0.39, 0.29) is 12.3 Å². The van der Waals surface area contributed by atoms with Crippen LogP contribution in [0.3, 0.4) is 0 Å². The molecule has 0 aliphatic heterocycles. The van der Waals surface area contributed by atoms with Crippen molar-refractivity contribution in [3.05, 3.63) is 64.7 Å². The molecular weight excluding hydrogens is 296 g/mol. The van der Waals surface area contributed by atoms with Gasteiger partial charge in [0.2, 0.25) is 5.91 Å². The number of nitrogens with zero attached hydrogens (tertiary/aromatic N) is 3. The number of carbonyl (C=O) groups excluding carboxylic acids is 2. The van der Waals surface area contributed by atoms with Gasteiger partial charge in [-0.1, -0.05) is 18.2 Å². The van der Waals surface area contributed by atoms with Crippen LogP contribution in [-0.2, 0) is 11.3 Å². The molecule has 0 unspecified atom stereocenters. The maximum absolute atomic E-state index is 12.2. The average molecular weight is 310 g/mol. The van der Waals surface area contributed by atoms with Crippen LogP contribution in [0.2, 0.25) is 0 Å². The van der Waals surface area contributed by atoms with Crippen LogP contribution in [0.1, 0.15) is 17.3 Å². The van der Waals surface area contributed by atoms with Gasteiger partial charge in [0.1, 0.15) is 6.54 Å². The van der Waals surface area contributed by atoms with Gasteiger partial charge >= 0.3 is 5.69 Å². The predicted molar refractivity (Wildman–Crippen MR) is 84.5 cm³/mol. The minimum atomic E-state index is -0.427. The van der Waals surface area contributed by atoms with Crippen LogP contribution in [0.15, 0.2) is 53.5 Å². The molecule has 7 heteroatoms. The van der Waals surface area contributed by atoms with Crippen molar-refractivity contribution < 1.29 is 9.59 Å². The molecular formula is C16H14N4O3.